The van der Waals surface area contributed by atoms with Crippen LogP contribution in [0.15, 0.2) is 72.8 Å². The first kappa shape index (κ1) is 30.9. The minimum atomic E-state index is -5.00. The minimum Gasteiger partial charge on any atom is -0.354 e. The van der Waals surface area contributed by atoms with Gasteiger partial charge in [0.2, 0.25) is 0 Å². The third kappa shape index (κ3) is 7.85. The zero-order valence-corrected chi connectivity index (χ0v) is 22.2. The van der Waals surface area contributed by atoms with Crippen molar-refractivity contribution in [2.45, 2.75) is 43.3 Å². The summed E-state index contributed by atoms with van der Waals surface area (Å²) in [5, 5.41) is 0. The molecule has 1 unspecified atom stereocenters. The second-order valence-electron chi connectivity index (χ2n) is 9.96. The predicted molar refractivity (Wildman–Crippen MR) is 136 cm³/mol. The van der Waals surface area contributed by atoms with Crippen LogP contribution in [-0.2, 0) is 39.2 Å². The molecular weight excluding hydrogens is 579 g/mol. The lowest BCUT2D eigenvalue weighted by molar-refractivity contribution is -0.143. The zero-order valence-electron chi connectivity index (χ0n) is 21.4. The SMILES string of the molecule is O=S(=O)(O)CCC[C@@]1(c2ccc(F)cc2)CN(C(Cc2cc(C(F)(F)F)cc(C(F)(F)F)c2)c2ccccc2)CO1. The van der Waals surface area contributed by atoms with E-state index in [0.29, 0.717) is 23.3 Å². The number of alkyl halides is 6. The lowest BCUT2D eigenvalue weighted by Gasteiger charge is -2.31. The van der Waals surface area contributed by atoms with Crippen LogP contribution in [0, 0.1) is 5.82 Å². The van der Waals surface area contributed by atoms with E-state index in [-0.39, 0.29) is 44.2 Å². The topological polar surface area (TPSA) is 66.8 Å². The molecule has 1 aliphatic rings. The lowest BCUT2D eigenvalue weighted by atomic mass is 9.88. The average Bonchev–Trinajstić information content (AvgIpc) is 3.31. The molecule has 0 aromatic heterocycles. The van der Waals surface area contributed by atoms with Crippen molar-refractivity contribution in [3.63, 3.8) is 0 Å². The molecule has 0 aliphatic carbocycles. The van der Waals surface area contributed by atoms with Gasteiger partial charge in [-0.15, -0.1) is 0 Å². The van der Waals surface area contributed by atoms with Crippen molar-refractivity contribution in [1.29, 1.82) is 0 Å². The average molecular weight is 606 g/mol. The fourth-order valence-electron chi connectivity index (χ4n) is 5.08. The lowest BCUT2D eigenvalue weighted by Crippen LogP contribution is -2.35. The van der Waals surface area contributed by atoms with Crippen molar-refractivity contribution >= 4 is 10.1 Å². The Morgan fingerprint density at radius 3 is 2.02 bits per heavy atom. The van der Waals surface area contributed by atoms with E-state index < -0.39 is 56.8 Å². The smallest absolute Gasteiger partial charge is 0.354 e. The van der Waals surface area contributed by atoms with Crippen molar-refractivity contribution in [3.8, 4) is 0 Å². The van der Waals surface area contributed by atoms with Gasteiger partial charge < -0.3 is 4.74 Å². The van der Waals surface area contributed by atoms with Crippen molar-refractivity contribution in [2.24, 2.45) is 0 Å². The molecule has 0 amide bonds. The highest BCUT2D eigenvalue weighted by Gasteiger charge is 2.44. The monoisotopic (exact) mass is 605 g/mol. The summed E-state index contributed by atoms with van der Waals surface area (Å²) < 4.78 is 133. The van der Waals surface area contributed by atoms with Gasteiger partial charge in [-0.1, -0.05) is 42.5 Å². The first-order chi connectivity index (χ1) is 19.1. The number of rotatable bonds is 9. The predicted octanol–water partition coefficient (Wildman–Crippen LogP) is 7.00. The first-order valence-electron chi connectivity index (χ1n) is 12.5. The molecule has 0 bridgehead atoms. The van der Waals surface area contributed by atoms with Crippen molar-refractivity contribution in [3.05, 3.63) is 106 Å². The highest BCUT2D eigenvalue weighted by Crippen LogP contribution is 2.42. The number of hydrogen-bond acceptors (Lipinski definition) is 4. The van der Waals surface area contributed by atoms with E-state index in [2.05, 4.69) is 0 Å². The molecule has 5 nitrogen and oxygen atoms in total. The van der Waals surface area contributed by atoms with Gasteiger partial charge in [0.05, 0.1) is 16.9 Å². The van der Waals surface area contributed by atoms with Crippen molar-refractivity contribution < 1.29 is 48.4 Å². The van der Waals surface area contributed by atoms with Crippen LogP contribution in [0.25, 0.3) is 0 Å². The van der Waals surface area contributed by atoms with E-state index in [1.54, 1.807) is 35.2 Å². The Morgan fingerprint density at radius 2 is 1.49 bits per heavy atom. The molecule has 41 heavy (non-hydrogen) atoms. The van der Waals surface area contributed by atoms with E-state index in [1.807, 2.05) is 0 Å². The van der Waals surface area contributed by atoms with E-state index in [4.69, 9.17) is 4.74 Å². The summed E-state index contributed by atoms with van der Waals surface area (Å²) in [6.07, 6.45) is -10.2. The van der Waals surface area contributed by atoms with Crippen LogP contribution in [0.3, 0.4) is 0 Å². The molecular formula is C28H26F7NO4S. The van der Waals surface area contributed by atoms with E-state index >= 15 is 0 Å². The standard InChI is InChI=1S/C28H26F7NO4S/c29-24-9-7-21(8-10-24)26(11-4-12-41(37,38)39)17-36(18-40-26)25(20-5-2-1-3-6-20)15-19-13-22(27(30,31)32)16-23(14-19)28(33,34)35/h1-3,5-10,13-14,16,25H,4,11-12,15,17-18H2,(H,37,38,39)/t25?,26-/m0/s1. The summed E-state index contributed by atoms with van der Waals surface area (Å²) in [6.45, 7) is -0.0390. The molecule has 0 saturated carbocycles. The third-order valence-electron chi connectivity index (χ3n) is 7.02. The van der Waals surface area contributed by atoms with Crippen LogP contribution in [-0.4, -0.2) is 36.9 Å². The van der Waals surface area contributed by atoms with E-state index in [9.17, 15) is 43.7 Å². The largest absolute Gasteiger partial charge is 0.416 e. The maximum Gasteiger partial charge on any atom is 0.416 e. The van der Waals surface area contributed by atoms with E-state index in [0.717, 1.165) is 0 Å². The fraction of sp³-hybridized carbons (Fsp3) is 0.357. The molecule has 0 spiro atoms. The Labute approximate surface area is 232 Å². The maximum absolute atomic E-state index is 13.7. The summed E-state index contributed by atoms with van der Waals surface area (Å²) in [5.74, 6) is -1.09. The van der Waals surface area contributed by atoms with Gasteiger partial charge in [0, 0.05) is 12.6 Å². The first-order valence-corrected chi connectivity index (χ1v) is 14.1. The fourth-order valence-corrected chi connectivity index (χ4v) is 5.59. The Kier molecular flexibility index (Phi) is 8.84. The van der Waals surface area contributed by atoms with Crippen LogP contribution in [0.5, 0.6) is 0 Å². The molecule has 13 heteroatoms. The van der Waals surface area contributed by atoms with Gasteiger partial charge in [-0.05, 0) is 66.3 Å². The Hall–Kier alpha value is -3.00. The van der Waals surface area contributed by atoms with Gasteiger partial charge in [-0.2, -0.15) is 34.8 Å². The molecule has 222 valence electrons. The molecule has 3 aromatic rings. The van der Waals surface area contributed by atoms with Crippen LogP contribution < -0.4 is 0 Å². The Morgan fingerprint density at radius 1 is 0.902 bits per heavy atom. The van der Waals surface area contributed by atoms with Crippen LogP contribution in [0.1, 0.15) is 46.7 Å². The molecule has 3 aromatic carbocycles. The Balaban J connectivity index is 1.72. The third-order valence-corrected chi connectivity index (χ3v) is 7.82. The molecule has 1 fully saturated rings. The molecule has 0 radical (unpaired) electrons. The summed E-state index contributed by atoms with van der Waals surface area (Å²) >= 11 is 0. The molecule has 1 heterocycles. The van der Waals surface area contributed by atoms with Gasteiger partial charge in [0.1, 0.15) is 18.1 Å². The van der Waals surface area contributed by atoms with Crippen LogP contribution >= 0.6 is 0 Å². The second-order valence-corrected chi connectivity index (χ2v) is 11.5. The number of halogens is 7. The van der Waals surface area contributed by atoms with Gasteiger partial charge in [0.15, 0.2) is 0 Å². The van der Waals surface area contributed by atoms with Crippen LogP contribution in [0.2, 0.25) is 0 Å². The van der Waals surface area contributed by atoms with Gasteiger partial charge in [-0.25, -0.2) is 4.39 Å². The maximum atomic E-state index is 13.7. The number of ether oxygens (including phenoxy) is 1. The highest BCUT2D eigenvalue weighted by atomic mass is 32.2. The molecule has 1 saturated heterocycles. The van der Waals surface area contributed by atoms with Gasteiger partial charge >= 0.3 is 12.4 Å². The summed E-state index contributed by atoms with van der Waals surface area (Å²) in [4.78, 5) is 1.74. The molecule has 1 N–H and O–H groups in total. The molecule has 1 aliphatic heterocycles. The summed E-state index contributed by atoms with van der Waals surface area (Å²) in [5.41, 5.74) is -3.10. The van der Waals surface area contributed by atoms with Gasteiger partial charge in [-0.3, -0.25) is 9.45 Å². The molecule has 4 rings (SSSR count). The van der Waals surface area contributed by atoms with Crippen molar-refractivity contribution in [2.75, 3.05) is 19.0 Å². The summed E-state index contributed by atoms with van der Waals surface area (Å²) in [7, 11) is -4.29. The summed E-state index contributed by atoms with van der Waals surface area (Å²) in [6, 6.07) is 14.5. The van der Waals surface area contributed by atoms with Crippen LogP contribution in [0.4, 0.5) is 30.7 Å². The minimum absolute atomic E-state index is 0.0252. The highest BCUT2D eigenvalue weighted by molar-refractivity contribution is 7.85. The number of benzene rings is 3. The molecule has 2 atom stereocenters. The quantitative estimate of drug-likeness (QED) is 0.210. The zero-order chi connectivity index (χ0) is 30.1. The number of nitrogens with zero attached hydrogens (tertiary/aromatic N) is 1. The van der Waals surface area contributed by atoms with Gasteiger partial charge in [0.25, 0.3) is 10.1 Å². The number of hydrogen-bond donors (Lipinski definition) is 1. The van der Waals surface area contributed by atoms with E-state index in [1.165, 1.54) is 24.3 Å². The Bertz CT molecular complexity index is 1410. The van der Waals surface area contributed by atoms with Crippen molar-refractivity contribution in [1.82, 2.24) is 4.90 Å². The normalized spacial score (nSPS) is 19.4. The second kappa shape index (κ2) is 11.7.